The van der Waals surface area contributed by atoms with E-state index in [4.69, 9.17) is 0 Å². The van der Waals surface area contributed by atoms with E-state index in [1.165, 1.54) is 6.54 Å². The van der Waals surface area contributed by atoms with Crippen molar-refractivity contribution in [1.82, 2.24) is 5.32 Å². The molecule has 0 heterocycles. The molecule has 0 aliphatic heterocycles. The van der Waals surface area contributed by atoms with Crippen LogP contribution in [0.2, 0.25) is 0 Å². The smallest absolute Gasteiger partial charge is 0.407 e. The first kappa shape index (κ1) is 7.27. The predicted molar refractivity (Wildman–Crippen MR) is 30.1 cm³/mol. The molecule has 0 aromatic heterocycles. The van der Waals surface area contributed by atoms with Crippen molar-refractivity contribution in [3.8, 4) is 0 Å². The summed E-state index contributed by atoms with van der Waals surface area (Å²) in [6, 6.07) is 0. The fourth-order valence-corrected chi connectivity index (χ4v) is 0.291. The Balaban J connectivity index is 3.06. The molecule has 0 saturated heterocycles. The van der Waals surface area contributed by atoms with E-state index in [1.807, 2.05) is 0 Å². The number of nitrogens with one attached hydrogen (secondary N) is 1. The summed E-state index contributed by atoms with van der Waals surface area (Å²) in [4.78, 5) is 10.3. The molecule has 1 amide bonds. The first-order valence-corrected chi connectivity index (χ1v) is 2.52. The maximum atomic E-state index is 10.3. The average molecular weight is 116 g/mol. The number of rotatable bonds is 2. The second-order valence-corrected chi connectivity index (χ2v) is 1.15. The lowest BCUT2D eigenvalue weighted by Gasteiger charge is -1.98. The molecule has 0 rings (SSSR count). The number of hydrogen-bond acceptors (Lipinski definition) is 2. The van der Waals surface area contributed by atoms with Crippen molar-refractivity contribution in [3.05, 3.63) is 6.54 Å². The van der Waals surface area contributed by atoms with E-state index in [2.05, 4.69) is 10.1 Å². The molecule has 0 aromatic rings. The molecule has 1 radical (unpaired) electrons. The van der Waals surface area contributed by atoms with Gasteiger partial charge in [-0.15, -0.1) is 0 Å². The predicted octanol–water partition coefficient (Wildman–Crippen LogP) is 0.914. The van der Waals surface area contributed by atoms with Crippen LogP contribution in [0.4, 0.5) is 4.79 Å². The van der Waals surface area contributed by atoms with Crippen LogP contribution in [0.15, 0.2) is 0 Å². The third-order valence-electron chi connectivity index (χ3n) is 0.538. The van der Waals surface area contributed by atoms with Gasteiger partial charge in [0.1, 0.15) is 0 Å². The van der Waals surface area contributed by atoms with Crippen molar-refractivity contribution < 1.29 is 9.53 Å². The van der Waals surface area contributed by atoms with Crippen LogP contribution in [0.1, 0.15) is 13.8 Å². The van der Waals surface area contributed by atoms with Gasteiger partial charge >= 0.3 is 6.09 Å². The number of ether oxygens (including phenoxy) is 1. The van der Waals surface area contributed by atoms with Gasteiger partial charge < -0.3 is 10.1 Å². The highest BCUT2D eigenvalue weighted by Crippen LogP contribution is 1.75. The standard InChI is InChI=1S/C5H10NO2/c1-3-6-5(7)8-4-2/h3H,4H2,1-2H3,(H,6,7). The summed E-state index contributed by atoms with van der Waals surface area (Å²) in [5.74, 6) is 0. The van der Waals surface area contributed by atoms with Crippen molar-refractivity contribution in [2.24, 2.45) is 0 Å². The normalized spacial score (nSPS) is 8.25. The lowest BCUT2D eigenvalue weighted by Crippen LogP contribution is -2.19. The summed E-state index contributed by atoms with van der Waals surface area (Å²) in [5.41, 5.74) is 0. The zero-order valence-corrected chi connectivity index (χ0v) is 5.10. The zero-order valence-electron chi connectivity index (χ0n) is 5.10. The summed E-state index contributed by atoms with van der Waals surface area (Å²) in [7, 11) is 0. The highest BCUT2D eigenvalue weighted by atomic mass is 16.5. The van der Waals surface area contributed by atoms with E-state index in [-0.39, 0.29) is 0 Å². The third-order valence-corrected chi connectivity index (χ3v) is 0.538. The van der Waals surface area contributed by atoms with Gasteiger partial charge in [-0.3, -0.25) is 0 Å². The molecule has 0 fully saturated rings. The van der Waals surface area contributed by atoms with Crippen LogP contribution in [0, 0.1) is 6.54 Å². The number of hydrogen-bond donors (Lipinski definition) is 1. The van der Waals surface area contributed by atoms with Crippen LogP contribution >= 0.6 is 0 Å². The number of carbonyl (C=O) groups is 1. The van der Waals surface area contributed by atoms with Crippen molar-refractivity contribution in [1.29, 1.82) is 0 Å². The molecule has 0 aromatic carbocycles. The summed E-state index contributed by atoms with van der Waals surface area (Å²) in [5, 5.41) is 2.36. The number of amides is 1. The Hall–Kier alpha value is -0.730. The van der Waals surface area contributed by atoms with E-state index >= 15 is 0 Å². The highest BCUT2D eigenvalue weighted by Gasteiger charge is 1.93. The third kappa shape index (κ3) is 3.46. The van der Waals surface area contributed by atoms with Crippen LogP contribution < -0.4 is 5.32 Å². The van der Waals surface area contributed by atoms with E-state index in [0.717, 1.165) is 0 Å². The lowest BCUT2D eigenvalue weighted by molar-refractivity contribution is 0.155. The Kier molecular flexibility index (Phi) is 4.03. The molecule has 0 aliphatic rings. The van der Waals surface area contributed by atoms with Gasteiger partial charge in [-0.2, -0.15) is 0 Å². The summed E-state index contributed by atoms with van der Waals surface area (Å²) in [6.45, 7) is 5.42. The van der Waals surface area contributed by atoms with Crippen LogP contribution in [-0.2, 0) is 4.74 Å². The molecule has 0 spiro atoms. The number of carbonyl (C=O) groups excluding carboxylic acids is 1. The Labute approximate surface area is 49.0 Å². The van der Waals surface area contributed by atoms with Crippen molar-refractivity contribution >= 4 is 6.09 Å². The Morgan fingerprint density at radius 2 is 2.50 bits per heavy atom. The molecule has 0 saturated carbocycles. The largest absolute Gasteiger partial charge is 0.450 e. The van der Waals surface area contributed by atoms with Gasteiger partial charge in [-0.1, -0.05) is 0 Å². The molecule has 1 N–H and O–H groups in total. The monoisotopic (exact) mass is 116 g/mol. The van der Waals surface area contributed by atoms with Gasteiger partial charge in [0.25, 0.3) is 0 Å². The second-order valence-electron chi connectivity index (χ2n) is 1.15. The lowest BCUT2D eigenvalue weighted by atomic mass is 10.7. The maximum Gasteiger partial charge on any atom is 0.407 e. The molecule has 0 unspecified atom stereocenters. The highest BCUT2D eigenvalue weighted by molar-refractivity contribution is 5.67. The molecular weight excluding hydrogens is 106 g/mol. The molecule has 3 nitrogen and oxygen atoms in total. The zero-order chi connectivity index (χ0) is 6.41. The molecule has 0 atom stereocenters. The molecule has 8 heavy (non-hydrogen) atoms. The van der Waals surface area contributed by atoms with Gasteiger partial charge in [0.2, 0.25) is 0 Å². The van der Waals surface area contributed by atoms with Gasteiger partial charge in [-0.25, -0.2) is 4.79 Å². The average Bonchev–Trinajstić information content (AvgIpc) is 1.68. The van der Waals surface area contributed by atoms with E-state index in [9.17, 15) is 4.79 Å². The summed E-state index contributed by atoms with van der Waals surface area (Å²) >= 11 is 0. The minimum Gasteiger partial charge on any atom is -0.450 e. The Bertz CT molecular complexity index is 64.8. The fraction of sp³-hybridized carbons (Fsp3) is 0.600. The van der Waals surface area contributed by atoms with Gasteiger partial charge in [0.15, 0.2) is 0 Å². The van der Waals surface area contributed by atoms with Crippen LogP contribution in [-0.4, -0.2) is 12.7 Å². The second kappa shape index (κ2) is 4.43. The molecule has 0 aliphatic carbocycles. The van der Waals surface area contributed by atoms with Crippen LogP contribution in [0.3, 0.4) is 0 Å². The van der Waals surface area contributed by atoms with Gasteiger partial charge in [-0.05, 0) is 13.8 Å². The summed E-state index contributed by atoms with van der Waals surface area (Å²) < 4.78 is 4.50. The fourth-order valence-electron chi connectivity index (χ4n) is 0.291. The van der Waals surface area contributed by atoms with Gasteiger partial charge in [0.05, 0.1) is 6.61 Å². The quantitative estimate of drug-likeness (QED) is 0.582. The minimum atomic E-state index is -0.394. The van der Waals surface area contributed by atoms with Crippen LogP contribution in [0.25, 0.3) is 0 Å². The van der Waals surface area contributed by atoms with E-state index in [0.29, 0.717) is 6.61 Å². The molecule has 3 heteroatoms. The van der Waals surface area contributed by atoms with Crippen molar-refractivity contribution in [2.75, 3.05) is 6.61 Å². The Morgan fingerprint density at radius 3 is 2.88 bits per heavy atom. The summed E-state index contributed by atoms with van der Waals surface area (Å²) in [6.07, 6.45) is -0.394. The molecule has 47 valence electrons. The van der Waals surface area contributed by atoms with Crippen LogP contribution in [0.5, 0.6) is 0 Å². The first-order chi connectivity index (χ1) is 3.81. The van der Waals surface area contributed by atoms with E-state index in [1.54, 1.807) is 13.8 Å². The van der Waals surface area contributed by atoms with Crippen molar-refractivity contribution in [2.45, 2.75) is 13.8 Å². The van der Waals surface area contributed by atoms with Gasteiger partial charge in [0, 0.05) is 6.54 Å². The van der Waals surface area contributed by atoms with Crippen molar-refractivity contribution in [3.63, 3.8) is 0 Å². The SMILES string of the molecule is C[CH]NC(=O)OCC. The Morgan fingerprint density at radius 1 is 1.88 bits per heavy atom. The van der Waals surface area contributed by atoms with E-state index < -0.39 is 6.09 Å². The minimum absolute atomic E-state index is 0.394. The topological polar surface area (TPSA) is 38.3 Å². The molecular formula is C5H10NO2. The molecule has 0 bridgehead atoms. The number of alkyl carbamates (subject to hydrolysis) is 1. The first-order valence-electron chi connectivity index (χ1n) is 2.52. The maximum absolute atomic E-state index is 10.3.